The number of sulfonamides is 1. The van der Waals surface area contributed by atoms with Gasteiger partial charge in [0.2, 0.25) is 0 Å². The number of rotatable bonds is 6. The van der Waals surface area contributed by atoms with E-state index in [9.17, 15) is 8.42 Å². The van der Waals surface area contributed by atoms with Gasteiger partial charge in [-0.2, -0.15) is 0 Å². The summed E-state index contributed by atoms with van der Waals surface area (Å²) in [6.07, 6.45) is 6.43. The van der Waals surface area contributed by atoms with Gasteiger partial charge in [-0.05, 0) is 24.3 Å². The van der Waals surface area contributed by atoms with Crippen molar-refractivity contribution in [1.29, 1.82) is 0 Å². The van der Waals surface area contributed by atoms with Crippen LogP contribution in [0.4, 0.5) is 5.69 Å². The second-order valence-electron chi connectivity index (χ2n) is 5.00. The Morgan fingerprint density at radius 1 is 1.08 bits per heavy atom. The van der Waals surface area contributed by atoms with Crippen LogP contribution in [-0.2, 0) is 10.0 Å². The van der Waals surface area contributed by atoms with Gasteiger partial charge in [0.05, 0.1) is 31.0 Å². The van der Waals surface area contributed by atoms with Gasteiger partial charge in [-0.3, -0.25) is 9.29 Å². The van der Waals surface area contributed by atoms with Crippen molar-refractivity contribution < 1.29 is 17.9 Å². The highest BCUT2D eigenvalue weighted by molar-refractivity contribution is 7.92. The molecule has 0 saturated heterocycles. The van der Waals surface area contributed by atoms with Crippen LogP contribution in [0.25, 0.3) is 5.82 Å². The lowest BCUT2D eigenvalue weighted by atomic mass is 10.3. The van der Waals surface area contributed by atoms with Crippen LogP contribution in [0.15, 0.2) is 60.1 Å². The number of methoxy groups -OCH3 is 2. The van der Waals surface area contributed by atoms with Crippen molar-refractivity contribution in [2.45, 2.75) is 4.90 Å². The highest BCUT2D eigenvalue weighted by atomic mass is 32.2. The number of ether oxygens (including phenoxy) is 2. The van der Waals surface area contributed by atoms with Gasteiger partial charge in [-0.1, -0.05) is 0 Å². The fraction of sp³-hybridized carbons (Fsp3) is 0.125. The van der Waals surface area contributed by atoms with Gasteiger partial charge in [0.15, 0.2) is 11.5 Å². The molecule has 1 aromatic carbocycles. The van der Waals surface area contributed by atoms with Crippen LogP contribution < -0.4 is 14.2 Å². The van der Waals surface area contributed by atoms with Crippen LogP contribution >= 0.6 is 0 Å². The van der Waals surface area contributed by atoms with Crippen molar-refractivity contribution in [3.63, 3.8) is 0 Å². The zero-order valence-electron chi connectivity index (χ0n) is 13.6. The van der Waals surface area contributed by atoms with Crippen LogP contribution in [0.5, 0.6) is 11.5 Å². The topological polar surface area (TPSA) is 95.3 Å². The molecule has 0 amide bonds. The van der Waals surface area contributed by atoms with Crippen molar-refractivity contribution in [1.82, 2.24) is 14.5 Å². The van der Waals surface area contributed by atoms with Gasteiger partial charge in [0.1, 0.15) is 12.1 Å². The van der Waals surface area contributed by atoms with E-state index in [0.717, 1.165) is 0 Å². The Bertz CT molecular complexity index is 954. The number of imidazole rings is 1. The van der Waals surface area contributed by atoms with Gasteiger partial charge in [-0.25, -0.2) is 18.4 Å². The van der Waals surface area contributed by atoms with Crippen molar-refractivity contribution >= 4 is 15.7 Å². The summed E-state index contributed by atoms with van der Waals surface area (Å²) in [5.41, 5.74) is 0.346. The molecule has 25 heavy (non-hydrogen) atoms. The summed E-state index contributed by atoms with van der Waals surface area (Å²) >= 11 is 0. The Morgan fingerprint density at radius 2 is 1.88 bits per heavy atom. The SMILES string of the molecule is COc1ccc(S(=O)(=O)Nc2ccc(-n3ccnc3)nc2)cc1OC. The maximum absolute atomic E-state index is 12.5. The Balaban J connectivity index is 1.84. The van der Waals surface area contributed by atoms with Crippen molar-refractivity contribution in [2.24, 2.45) is 0 Å². The first-order chi connectivity index (χ1) is 12.0. The van der Waals surface area contributed by atoms with Gasteiger partial charge in [0.25, 0.3) is 10.0 Å². The molecule has 1 N–H and O–H groups in total. The average molecular weight is 360 g/mol. The summed E-state index contributed by atoms with van der Waals surface area (Å²) in [6.45, 7) is 0. The zero-order chi connectivity index (χ0) is 17.9. The molecule has 2 aromatic heterocycles. The van der Waals surface area contributed by atoms with Crippen molar-refractivity contribution in [3.05, 3.63) is 55.2 Å². The van der Waals surface area contributed by atoms with E-state index >= 15 is 0 Å². The van der Waals surface area contributed by atoms with E-state index in [4.69, 9.17) is 9.47 Å². The molecular formula is C16H16N4O4S. The van der Waals surface area contributed by atoms with Crippen LogP contribution in [0, 0.1) is 0 Å². The third-order valence-electron chi connectivity index (χ3n) is 3.43. The third kappa shape index (κ3) is 3.56. The predicted molar refractivity (Wildman–Crippen MR) is 91.7 cm³/mol. The van der Waals surface area contributed by atoms with Gasteiger partial charge >= 0.3 is 0 Å². The molecule has 130 valence electrons. The monoisotopic (exact) mass is 360 g/mol. The molecule has 0 unspecified atom stereocenters. The van der Waals surface area contributed by atoms with Crippen LogP contribution in [0.3, 0.4) is 0 Å². The standard InChI is InChI=1S/C16H16N4O4S/c1-23-14-5-4-13(9-15(14)24-2)25(21,22)19-12-3-6-16(18-10-12)20-8-7-17-11-20/h3-11,19H,1-2H3. The number of hydrogen-bond acceptors (Lipinski definition) is 6. The van der Waals surface area contributed by atoms with E-state index in [1.165, 1.54) is 38.6 Å². The lowest BCUT2D eigenvalue weighted by molar-refractivity contribution is 0.354. The Hall–Kier alpha value is -3.07. The van der Waals surface area contributed by atoms with Crippen molar-refractivity contribution in [2.75, 3.05) is 18.9 Å². The Labute approximate surface area is 145 Å². The molecule has 0 aliphatic heterocycles. The summed E-state index contributed by atoms with van der Waals surface area (Å²) in [4.78, 5) is 8.21. The number of aromatic nitrogens is 3. The normalized spacial score (nSPS) is 11.1. The maximum atomic E-state index is 12.5. The number of hydrogen-bond donors (Lipinski definition) is 1. The van der Waals surface area contributed by atoms with E-state index in [-0.39, 0.29) is 4.90 Å². The quantitative estimate of drug-likeness (QED) is 0.723. The smallest absolute Gasteiger partial charge is 0.262 e. The molecule has 0 aliphatic carbocycles. The van der Waals surface area contributed by atoms with Crippen LogP contribution in [0.2, 0.25) is 0 Å². The molecule has 0 atom stereocenters. The first-order valence-corrected chi connectivity index (χ1v) is 8.71. The Morgan fingerprint density at radius 3 is 2.48 bits per heavy atom. The second kappa shape index (κ2) is 6.81. The first-order valence-electron chi connectivity index (χ1n) is 7.23. The molecular weight excluding hydrogens is 344 g/mol. The van der Waals surface area contributed by atoms with E-state index < -0.39 is 10.0 Å². The molecule has 0 spiro atoms. The highest BCUT2D eigenvalue weighted by Gasteiger charge is 2.17. The predicted octanol–water partition coefficient (Wildman–Crippen LogP) is 2.09. The number of nitrogens with one attached hydrogen (secondary N) is 1. The Kier molecular flexibility index (Phi) is 4.57. The second-order valence-corrected chi connectivity index (χ2v) is 6.68. The van der Waals surface area contributed by atoms with Crippen molar-refractivity contribution in [3.8, 4) is 17.3 Å². The fourth-order valence-corrected chi connectivity index (χ4v) is 3.25. The molecule has 2 heterocycles. The molecule has 0 bridgehead atoms. The van der Waals surface area contributed by atoms with E-state index in [1.54, 1.807) is 35.4 Å². The average Bonchev–Trinajstić information content (AvgIpc) is 3.16. The molecule has 0 saturated carbocycles. The third-order valence-corrected chi connectivity index (χ3v) is 4.81. The molecule has 3 rings (SSSR count). The van der Waals surface area contributed by atoms with E-state index in [1.807, 2.05) is 0 Å². The summed E-state index contributed by atoms with van der Waals surface area (Å²) in [6, 6.07) is 7.69. The van der Waals surface area contributed by atoms with Gasteiger partial charge < -0.3 is 9.47 Å². The van der Waals surface area contributed by atoms with Crippen LogP contribution in [0.1, 0.15) is 0 Å². The lowest BCUT2D eigenvalue weighted by Crippen LogP contribution is -2.13. The summed E-state index contributed by atoms with van der Waals surface area (Å²) in [5.74, 6) is 1.42. The van der Waals surface area contributed by atoms with Gasteiger partial charge in [0, 0.05) is 18.5 Å². The molecule has 9 heteroatoms. The number of pyridine rings is 1. The lowest BCUT2D eigenvalue weighted by Gasteiger charge is -2.11. The molecule has 8 nitrogen and oxygen atoms in total. The highest BCUT2D eigenvalue weighted by Crippen LogP contribution is 2.30. The molecule has 0 radical (unpaired) electrons. The summed E-state index contributed by atoms with van der Waals surface area (Å²) in [5, 5.41) is 0. The summed E-state index contributed by atoms with van der Waals surface area (Å²) in [7, 11) is -0.853. The number of benzene rings is 1. The largest absolute Gasteiger partial charge is 0.493 e. The zero-order valence-corrected chi connectivity index (χ0v) is 14.4. The minimum atomic E-state index is -3.78. The van der Waals surface area contributed by atoms with E-state index in [0.29, 0.717) is 23.0 Å². The molecule has 0 fully saturated rings. The fourth-order valence-electron chi connectivity index (χ4n) is 2.19. The maximum Gasteiger partial charge on any atom is 0.262 e. The van der Waals surface area contributed by atoms with E-state index in [2.05, 4.69) is 14.7 Å². The summed E-state index contributed by atoms with van der Waals surface area (Å²) < 4.78 is 39.5. The van der Waals surface area contributed by atoms with Crippen LogP contribution in [-0.4, -0.2) is 37.2 Å². The number of anilines is 1. The molecule has 0 aliphatic rings. The minimum absolute atomic E-state index is 0.0591. The first kappa shape index (κ1) is 16.8. The minimum Gasteiger partial charge on any atom is -0.493 e. The molecule has 3 aromatic rings. The number of nitrogens with zero attached hydrogens (tertiary/aromatic N) is 3. The van der Waals surface area contributed by atoms with Gasteiger partial charge in [-0.15, -0.1) is 0 Å².